The second-order valence-electron chi connectivity index (χ2n) is 8.24. The maximum Gasteiger partial charge on any atom is 0.318 e. The average molecular weight is 424 g/mol. The average Bonchev–Trinajstić information content (AvgIpc) is 2.82. The lowest BCUT2D eigenvalue weighted by molar-refractivity contribution is -0.150. The van der Waals surface area contributed by atoms with Crippen LogP contribution in [0.2, 0.25) is 5.02 Å². The predicted octanol–water partition coefficient (Wildman–Crippen LogP) is 5.47. The van der Waals surface area contributed by atoms with Gasteiger partial charge in [0.2, 0.25) is 0 Å². The molecule has 1 aliphatic rings. The molecule has 2 atom stereocenters. The molecule has 1 unspecified atom stereocenters. The highest BCUT2D eigenvalue weighted by molar-refractivity contribution is 7.91. The van der Waals surface area contributed by atoms with Gasteiger partial charge in [-0.05, 0) is 64.2 Å². The highest BCUT2D eigenvalue weighted by Crippen LogP contribution is 2.39. The van der Waals surface area contributed by atoms with Crippen LogP contribution < -0.4 is 0 Å². The molecule has 154 valence electrons. The van der Waals surface area contributed by atoms with Crippen LogP contribution in [0.25, 0.3) is 0 Å². The van der Waals surface area contributed by atoms with E-state index in [2.05, 4.69) is 11.0 Å². The van der Waals surface area contributed by atoms with Crippen LogP contribution in [0.3, 0.4) is 0 Å². The third kappa shape index (κ3) is 5.85. The number of carbonyl (C=O) groups is 1. The molecule has 28 heavy (non-hydrogen) atoms. The van der Waals surface area contributed by atoms with Gasteiger partial charge in [-0.15, -0.1) is 0 Å². The number of hydrogen-bond acceptors (Lipinski definition) is 4. The van der Waals surface area contributed by atoms with Crippen LogP contribution >= 0.6 is 11.6 Å². The molecule has 1 aliphatic carbocycles. The van der Waals surface area contributed by atoms with E-state index >= 15 is 0 Å². The third-order valence-electron chi connectivity index (χ3n) is 4.90. The Balaban J connectivity index is 2.54. The molecule has 0 aliphatic heterocycles. The molecule has 4 nitrogen and oxygen atoms in total. The van der Waals surface area contributed by atoms with Crippen LogP contribution in [0.1, 0.15) is 58.4 Å². The van der Waals surface area contributed by atoms with E-state index in [1.165, 1.54) is 0 Å². The Morgan fingerprint density at radius 1 is 1.39 bits per heavy atom. The number of ether oxygens (including phenoxy) is 1. The number of hydrogen-bond donors (Lipinski definition) is 0. The lowest BCUT2D eigenvalue weighted by Crippen LogP contribution is -2.43. The minimum Gasteiger partial charge on any atom is -0.591 e. The first kappa shape index (κ1) is 23.0. The first-order valence-corrected chi connectivity index (χ1v) is 11.2. The molecule has 0 amide bonds. The summed E-state index contributed by atoms with van der Waals surface area (Å²) < 4.78 is 22.4. The molecule has 1 fully saturated rings. The van der Waals surface area contributed by atoms with Crippen LogP contribution in [-0.4, -0.2) is 27.6 Å². The van der Waals surface area contributed by atoms with Crippen molar-refractivity contribution < 1.29 is 14.1 Å². The predicted molar refractivity (Wildman–Crippen MR) is 117 cm³/mol. The molecule has 0 heterocycles. The van der Waals surface area contributed by atoms with Crippen LogP contribution in [0.4, 0.5) is 0 Å². The van der Waals surface area contributed by atoms with E-state index in [-0.39, 0.29) is 12.6 Å². The van der Waals surface area contributed by atoms with Gasteiger partial charge in [-0.25, -0.2) is 0 Å². The molecule has 1 aromatic rings. The monoisotopic (exact) mass is 423 g/mol. The normalized spacial score (nSPS) is 23.1. The summed E-state index contributed by atoms with van der Waals surface area (Å²) in [5.74, 6) is -0.320. The van der Waals surface area contributed by atoms with Crippen molar-refractivity contribution in [2.45, 2.75) is 64.0 Å². The number of halogens is 1. The van der Waals surface area contributed by atoms with Gasteiger partial charge in [-0.2, -0.15) is 0 Å². The standard InChI is InChI=1S/C22H30ClNO3S/c1-5-14-27-20(25)22(16-17-10-9-11-18(23)15-17)13-8-6-7-12-19(22)24-28(26)21(2,3)4/h5,9-11,15H,1,6-8,12-14,16H2,2-4H3/b24-19+/t22-,28?/m0/s1. The van der Waals surface area contributed by atoms with Crippen molar-refractivity contribution in [2.24, 2.45) is 9.81 Å². The lowest BCUT2D eigenvalue weighted by Gasteiger charge is -2.32. The Morgan fingerprint density at radius 3 is 2.79 bits per heavy atom. The lowest BCUT2D eigenvalue weighted by atomic mass is 9.74. The zero-order chi connectivity index (χ0) is 20.8. The van der Waals surface area contributed by atoms with Crippen molar-refractivity contribution >= 4 is 34.6 Å². The van der Waals surface area contributed by atoms with E-state index in [4.69, 9.17) is 16.3 Å². The molecule has 0 bridgehead atoms. The topological polar surface area (TPSA) is 61.7 Å². The smallest absolute Gasteiger partial charge is 0.318 e. The number of carbonyl (C=O) groups excluding carboxylic acids is 1. The van der Waals surface area contributed by atoms with Gasteiger partial charge in [0.25, 0.3) is 0 Å². The molecule has 1 aromatic carbocycles. The van der Waals surface area contributed by atoms with E-state index in [0.29, 0.717) is 30.0 Å². The van der Waals surface area contributed by atoms with Gasteiger partial charge in [0.1, 0.15) is 28.1 Å². The van der Waals surface area contributed by atoms with Crippen LogP contribution in [0.5, 0.6) is 0 Å². The van der Waals surface area contributed by atoms with Crippen LogP contribution in [-0.2, 0) is 27.3 Å². The third-order valence-corrected chi connectivity index (χ3v) is 6.57. The molecule has 0 radical (unpaired) electrons. The van der Waals surface area contributed by atoms with Crippen LogP contribution in [0, 0.1) is 5.41 Å². The van der Waals surface area contributed by atoms with Crippen molar-refractivity contribution in [2.75, 3.05) is 6.61 Å². The number of rotatable bonds is 6. The van der Waals surface area contributed by atoms with Gasteiger partial charge in [-0.1, -0.05) is 53.6 Å². The fraction of sp³-hybridized carbons (Fsp3) is 0.545. The zero-order valence-electron chi connectivity index (χ0n) is 17.0. The quantitative estimate of drug-likeness (QED) is 0.264. The van der Waals surface area contributed by atoms with Gasteiger partial charge < -0.3 is 9.29 Å². The van der Waals surface area contributed by atoms with E-state index in [1.807, 2.05) is 45.0 Å². The van der Waals surface area contributed by atoms with Crippen molar-refractivity contribution in [3.63, 3.8) is 0 Å². The summed E-state index contributed by atoms with van der Waals surface area (Å²) in [5, 5.41) is 0.623. The maximum atomic E-state index is 13.3. The maximum absolute atomic E-state index is 13.3. The summed E-state index contributed by atoms with van der Waals surface area (Å²) >= 11 is 4.74. The van der Waals surface area contributed by atoms with E-state index in [1.54, 1.807) is 6.08 Å². The highest BCUT2D eigenvalue weighted by Gasteiger charge is 2.47. The Bertz CT molecular complexity index is 729. The molecular weight excluding hydrogens is 394 g/mol. The van der Waals surface area contributed by atoms with Gasteiger partial charge in [-0.3, -0.25) is 4.79 Å². The summed E-state index contributed by atoms with van der Waals surface area (Å²) in [6.45, 7) is 9.45. The summed E-state index contributed by atoms with van der Waals surface area (Å²) in [6.07, 6.45) is 6.08. The minimum atomic E-state index is -1.44. The number of nitrogens with zero attached hydrogens (tertiary/aromatic N) is 1. The molecule has 0 saturated heterocycles. The summed E-state index contributed by atoms with van der Waals surface area (Å²) in [5.41, 5.74) is 0.706. The molecule has 6 heteroatoms. The van der Waals surface area contributed by atoms with E-state index in [0.717, 1.165) is 24.8 Å². The van der Waals surface area contributed by atoms with E-state index < -0.39 is 21.5 Å². The van der Waals surface area contributed by atoms with Crippen molar-refractivity contribution in [3.8, 4) is 0 Å². The summed E-state index contributed by atoms with van der Waals surface area (Å²) in [4.78, 5) is 13.3. The van der Waals surface area contributed by atoms with Crippen LogP contribution in [0.15, 0.2) is 41.3 Å². The van der Waals surface area contributed by atoms with Crippen molar-refractivity contribution in [1.82, 2.24) is 0 Å². The first-order chi connectivity index (χ1) is 13.2. The Labute approximate surface area is 176 Å². The Kier molecular flexibility index (Phi) is 8.17. The molecule has 0 N–H and O–H groups in total. The first-order valence-electron chi connectivity index (χ1n) is 9.71. The molecule has 0 spiro atoms. The molecule has 1 saturated carbocycles. The zero-order valence-corrected chi connectivity index (χ0v) is 18.6. The second kappa shape index (κ2) is 9.95. The fourth-order valence-electron chi connectivity index (χ4n) is 3.40. The summed E-state index contributed by atoms with van der Waals surface area (Å²) in [7, 11) is 0. The molecular formula is C22H30ClNO3S. The Hall–Kier alpha value is -1.30. The summed E-state index contributed by atoms with van der Waals surface area (Å²) in [6, 6.07) is 7.51. The van der Waals surface area contributed by atoms with Crippen molar-refractivity contribution in [3.05, 3.63) is 47.5 Å². The Morgan fingerprint density at radius 2 is 2.14 bits per heavy atom. The minimum absolute atomic E-state index is 0.145. The van der Waals surface area contributed by atoms with E-state index in [9.17, 15) is 9.35 Å². The molecule has 2 rings (SSSR count). The van der Waals surface area contributed by atoms with Gasteiger partial charge >= 0.3 is 5.97 Å². The fourth-order valence-corrected chi connectivity index (χ4v) is 4.35. The highest BCUT2D eigenvalue weighted by atomic mass is 35.5. The number of benzene rings is 1. The van der Waals surface area contributed by atoms with Gasteiger partial charge in [0.15, 0.2) is 0 Å². The molecule has 0 aromatic heterocycles. The van der Waals surface area contributed by atoms with Gasteiger partial charge in [0.05, 0.1) is 5.71 Å². The van der Waals surface area contributed by atoms with Gasteiger partial charge in [0, 0.05) is 5.02 Å². The van der Waals surface area contributed by atoms with Crippen molar-refractivity contribution in [1.29, 1.82) is 0 Å². The largest absolute Gasteiger partial charge is 0.591 e. The number of esters is 1. The second-order valence-corrected chi connectivity index (χ2v) is 10.6. The SMILES string of the molecule is C=CCOC(=O)[C@]1(Cc2cccc(Cl)c2)CCCCC/C1=N\[S+]([O-])C(C)(C)C.